The second-order valence-corrected chi connectivity index (χ2v) is 3.98. The van der Waals surface area contributed by atoms with Gasteiger partial charge < -0.3 is 10.4 Å². The topological polar surface area (TPSA) is 66.4 Å². The van der Waals surface area contributed by atoms with Crippen LogP contribution >= 0.6 is 0 Å². The molecule has 1 fully saturated rings. The van der Waals surface area contributed by atoms with E-state index < -0.39 is 11.9 Å². The van der Waals surface area contributed by atoms with Crippen molar-refractivity contribution in [3.05, 3.63) is 0 Å². The van der Waals surface area contributed by atoms with E-state index in [1.54, 1.807) is 0 Å². The average Bonchev–Trinajstić information content (AvgIpc) is 1.94. The maximum Gasteiger partial charge on any atom is 0.316 e. The first kappa shape index (κ1) is 9.03. The molecular formula is C8H13NO3. The van der Waals surface area contributed by atoms with Crippen LogP contribution in [-0.4, -0.2) is 23.5 Å². The molecule has 0 radical (unpaired) electrons. The van der Waals surface area contributed by atoms with Gasteiger partial charge in [0.15, 0.2) is 0 Å². The smallest absolute Gasteiger partial charge is 0.316 e. The van der Waals surface area contributed by atoms with E-state index in [0.717, 1.165) is 0 Å². The Hall–Kier alpha value is -1.06. The molecule has 0 bridgehead atoms. The van der Waals surface area contributed by atoms with E-state index in [2.05, 4.69) is 5.32 Å². The fraction of sp³-hybridized carbons (Fsp3) is 0.750. The van der Waals surface area contributed by atoms with Crippen molar-refractivity contribution >= 4 is 11.9 Å². The fourth-order valence-electron chi connectivity index (χ4n) is 1.37. The van der Waals surface area contributed by atoms with Crippen LogP contribution in [0.1, 0.15) is 20.3 Å². The molecule has 1 saturated heterocycles. The van der Waals surface area contributed by atoms with E-state index >= 15 is 0 Å². The number of hydrogen-bond donors (Lipinski definition) is 2. The Labute approximate surface area is 71.0 Å². The Kier molecular flexibility index (Phi) is 2.08. The van der Waals surface area contributed by atoms with Gasteiger partial charge in [0.05, 0.1) is 0 Å². The lowest BCUT2D eigenvalue weighted by Crippen LogP contribution is -2.48. The van der Waals surface area contributed by atoms with E-state index in [1.165, 1.54) is 0 Å². The lowest BCUT2D eigenvalue weighted by molar-refractivity contribution is -0.150. The molecule has 12 heavy (non-hydrogen) atoms. The van der Waals surface area contributed by atoms with Crippen molar-refractivity contribution < 1.29 is 14.7 Å². The van der Waals surface area contributed by atoms with Gasteiger partial charge in [-0.15, -0.1) is 0 Å². The number of nitrogens with one attached hydrogen (secondary N) is 1. The largest absolute Gasteiger partial charge is 0.481 e. The molecular weight excluding hydrogens is 158 g/mol. The van der Waals surface area contributed by atoms with E-state index in [9.17, 15) is 9.59 Å². The second-order valence-electron chi connectivity index (χ2n) is 3.98. The summed E-state index contributed by atoms with van der Waals surface area (Å²) in [7, 11) is 0. The van der Waals surface area contributed by atoms with Gasteiger partial charge in [-0.25, -0.2) is 0 Å². The Morgan fingerprint density at radius 2 is 2.25 bits per heavy atom. The molecule has 4 heteroatoms. The van der Waals surface area contributed by atoms with Crippen molar-refractivity contribution in [1.82, 2.24) is 5.32 Å². The molecule has 1 atom stereocenters. The molecule has 0 aliphatic carbocycles. The zero-order valence-electron chi connectivity index (χ0n) is 7.26. The van der Waals surface area contributed by atoms with Crippen molar-refractivity contribution in [3.63, 3.8) is 0 Å². The Morgan fingerprint density at radius 3 is 2.67 bits per heavy atom. The number of rotatable bonds is 1. The highest BCUT2D eigenvalue weighted by Crippen LogP contribution is 2.28. The molecule has 2 N–H and O–H groups in total. The number of carboxylic acids is 1. The van der Waals surface area contributed by atoms with Crippen LogP contribution < -0.4 is 5.32 Å². The summed E-state index contributed by atoms with van der Waals surface area (Å²) in [6, 6.07) is 0. The molecule has 1 amide bonds. The second kappa shape index (κ2) is 2.77. The summed E-state index contributed by atoms with van der Waals surface area (Å²) in [6.07, 6.45) is 0.425. The predicted octanol–water partition coefficient (Wildman–Crippen LogP) is 0.233. The Balaban J connectivity index is 2.72. The summed E-state index contributed by atoms with van der Waals surface area (Å²) >= 11 is 0. The van der Waals surface area contributed by atoms with Gasteiger partial charge in [0.25, 0.3) is 0 Å². The summed E-state index contributed by atoms with van der Waals surface area (Å²) in [5, 5.41) is 11.3. The molecule has 4 nitrogen and oxygen atoms in total. The van der Waals surface area contributed by atoms with Gasteiger partial charge in [0, 0.05) is 6.54 Å². The summed E-state index contributed by atoms with van der Waals surface area (Å²) in [6.45, 7) is 4.46. The minimum Gasteiger partial charge on any atom is -0.481 e. The van der Waals surface area contributed by atoms with Crippen LogP contribution in [0.5, 0.6) is 0 Å². The molecule has 0 aromatic rings. The Morgan fingerprint density at radius 1 is 1.67 bits per heavy atom. The minimum absolute atomic E-state index is 0.100. The number of carboxylic acid groups (broad SMARTS) is 1. The van der Waals surface area contributed by atoms with E-state index in [0.29, 0.717) is 13.0 Å². The maximum absolute atomic E-state index is 11.0. The van der Waals surface area contributed by atoms with Gasteiger partial charge in [0.1, 0.15) is 5.92 Å². The van der Waals surface area contributed by atoms with Crippen molar-refractivity contribution in [2.75, 3.05) is 6.54 Å². The number of carbonyl (C=O) groups is 2. The number of aliphatic carboxylic acids is 1. The lowest BCUT2D eigenvalue weighted by Gasteiger charge is -2.32. The molecule has 0 aromatic heterocycles. The van der Waals surface area contributed by atoms with E-state index in [4.69, 9.17) is 5.11 Å². The van der Waals surface area contributed by atoms with E-state index in [1.807, 2.05) is 13.8 Å². The first-order valence-corrected chi connectivity index (χ1v) is 3.93. The van der Waals surface area contributed by atoms with Gasteiger partial charge in [0.2, 0.25) is 5.91 Å². The maximum atomic E-state index is 11.0. The highest BCUT2D eigenvalue weighted by molar-refractivity contribution is 5.97. The zero-order chi connectivity index (χ0) is 9.35. The minimum atomic E-state index is -1.03. The first-order chi connectivity index (χ1) is 5.42. The third-order valence-corrected chi connectivity index (χ3v) is 2.11. The SMILES string of the molecule is CC1(C)CNC(=O)[C@H](C(=O)O)C1. The molecule has 68 valence electrons. The van der Waals surface area contributed by atoms with Gasteiger partial charge in [-0.2, -0.15) is 0 Å². The number of amides is 1. The molecule has 0 saturated carbocycles. The summed E-state index contributed by atoms with van der Waals surface area (Å²) < 4.78 is 0. The monoisotopic (exact) mass is 171 g/mol. The van der Waals surface area contributed by atoms with Crippen molar-refractivity contribution in [2.24, 2.45) is 11.3 Å². The zero-order valence-corrected chi connectivity index (χ0v) is 7.26. The van der Waals surface area contributed by atoms with Crippen LogP contribution in [0.25, 0.3) is 0 Å². The van der Waals surface area contributed by atoms with Gasteiger partial charge >= 0.3 is 5.97 Å². The average molecular weight is 171 g/mol. The van der Waals surface area contributed by atoms with Crippen LogP contribution in [-0.2, 0) is 9.59 Å². The standard InChI is InChI=1S/C8H13NO3/c1-8(2)3-5(7(11)12)6(10)9-4-8/h5H,3-4H2,1-2H3,(H,9,10)(H,11,12)/t5-/m1/s1. The van der Waals surface area contributed by atoms with Gasteiger partial charge in [-0.1, -0.05) is 13.8 Å². The molecule has 1 aliphatic rings. The molecule has 0 unspecified atom stereocenters. The quantitative estimate of drug-likeness (QED) is 0.555. The Bertz CT molecular complexity index is 222. The van der Waals surface area contributed by atoms with Crippen LogP contribution in [0.15, 0.2) is 0 Å². The molecule has 1 aliphatic heterocycles. The van der Waals surface area contributed by atoms with Crippen LogP contribution in [0.4, 0.5) is 0 Å². The number of carbonyl (C=O) groups excluding carboxylic acids is 1. The fourth-order valence-corrected chi connectivity index (χ4v) is 1.37. The van der Waals surface area contributed by atoms with E-state index in [-0.39, 0.29) is 11.3 Å². The van der Waals surface area contributed by atoms with Crippen LogP contribution in [0, 0.1) is 11.3 Å². The normalized spacial score (nSPS) is 27.8. The molecule has 0 spiro atoms. The first-order valence-electron chi connectivity index (χ1n) is 3.93. The van der Waals surface area contributed by atoms with Crippen LogP contribution in [0.3, 0.4) is 0 Å². The van der Waals surface area contributed by atoms with Crippen molar-refractivity contribution in [3.8, 4) is 0 Å². The summed E-state index contributed by atoms with van der Waals surface area (Å²) in [4.78, 5) is 21.6. The van der Waals surface area contributed by atoms with Crippen molar-refractivity contribution in [2.45, 2.75) is 20.3 Å². The number of piperidine rings is 1. The van der Waals surface area contributed by atoms with Crippen LogP contribution in [0.2, 0.25) is 0 Å². The highest BCUT2D eigenvalue weighted by Gasteiger charge is 2.37. The number of hydrogen-bond acceptors (Lipinski definition) is 2. The summed E-state index contributed by atoms with van der Waals surface area (Å²) in [5.74, 6) is -2.25. The molecule has 1 heterocycles. The lowest BCUT2D eigenvalue weighted by atomic mass is 9.79. The van der Waals surface area contributed by atoms with Gasteiger partial charge in [-0.05, 0) is 11.8 Å². The third-order valence-electron chi connectivity index (χ3n) is 2.11. The van der Waals surface area contributed by atoms with Gasteiger partial charge in [-0.3, -0.25) is 9.59 Å². The third kappa shape index (κ3) is 1.75. The predicted molar refractivity (Wildman–Crippen MR) is 42.5 cm³/mol. The highest BCUT2D eigenvalue weighted by atomic mass is 16.4. The molecule has 1 rings (SSSR count). The molecule has 0 aromatic carbocycles. The van der Waals surface area contributed by atoms with Crippen molar-refractivity contribution in [1.29, 1.82) is 0 Å². The summed E-state index contributed by atoms with van der Waals surface area (Å²) in [5.41, 5.74) is -0.100.